The third-order valence-corrected chi connectivity index (χ3v) is 10.9. The first-order valence-electron chi connectivity index (χ1n) is 15.1. The van der Waals surface area contributed by atoms with E-state index < -0.39 is 10.0 Å². The van der Waals surface area contributed by atoms with Crippen LogP contribution in [-0.2, 0) is 21.9 Å². The van der Waals surface area contributed by atoms with E-state index in [1.54, 1.807) is 33.5 Å². The van der Waals surface area contributed by atoms with Crippen molar-refractivity contribution in [2.75, 3.05) is 23.7 Å². The molecule has 0 bridgehead atoms. The van der Waals surface area contributed by atoms with Crippen molar-refractivity contribution in [3.05, 3.63) is 107 Å². The normalized spacial score (nSPS) is 17.4. The Morgan fingerprint density at radius 1 is 1.07 bits per heavy atom. The quantitative estimate of drug-likeness (QED) is 0.254. The molecule has 45 heavy (non-hydrogen) atoms. The average Bonchev–Trinajstić information content (AvgIpc) is 3.66. The van der Waals surface area contributed by atoms with E-state index in [-0.39, 0.29) is 11.4 Å². The fraction of sp³-hybridized carbons (Fsp3) is 0.333. The van der Waals surface area contributed by atoms with Gasteiger partial charge in [0.25, 0.3) is 0 Å². The van der Waals surface area contributed by atoms with Crippen LogP contribution in [0.1, 0.15) is 50.4 Å². The molecule has 0 unspecified atom stereocenters. The topological polar surface area (TPSA) is 112 Å². The Kier molecular flexibility index (Phi) is 8.55. The first-order valence-corrected chi connectivity index (χ1v) is 17.3. The maximum atomic E-state index is 13.4. The number of sulfonamides is 1. The van der Waals surface area contributed by atoms with Gasteiger partial charge in [0.1, 0.15) is 5.82 Å². The van der Waals surface area contributed by atoms with Gasteiger partial charge in [0, 0.05) is 42.7 Å². The lowest BCUT2D eigenvalue weighted by Crippen LogP contribution is -2.39. The van der Waals surface area contributed by atoms with Crippen molar-refractivity contribution >= 4 is 39.7 Å². The molecule has 0 radical (unpaired) electrons. The molecular formula is C33H39N7O3S2. The van der Waals surface area contributed by atoms with Crippen LogP contribution in [0.2, 0.25) is 0 Å². The number of nitrogens with one attached hydrogen (secondary N) is 3. The molecule has 4 heterocycles. The lowest BCUT2D eigenvalue weighted by Gasteiger charge is -2.32. The molecule has 1 aromatic heterocycles. The van der Waals surface area contributed by atoms with E-state index in [1.807, 2.05) is 65.8 Å². The van der Waals surface area contributed by atoms with Gasteiger partial charge in [0.2, 0.25) is 10.0 Å². The molecule has 236 valence electrons. The van der Waals surface area contributed by atoms with Crippen LogP contribution in [-0.4, -0.2) is 45.9 Å². The monoisotopic (exact) mass is 645 g/mol. The highest BCUT2D eigenvalue weighted by Gasteiger charge is 2.32. The summed E-state index contributed by atoms with van der Waals surface area (Å²) in [6, 6.07) is 17.4. The number of aryl methyl sites for hydroxylation is 1. The summed E-state index contributed by atoms with van der Waals surface area (Å²) in [5.74, 6) is 0.881. The first kappa shape index (κ1) is 31.0. The zero-order valence-electron chi connectivity index (χ0n) is 25.9. The Hall–Kier alpha value is -4.00. The number of para-hydroxylation sites is 1. The van der Waals surface area contributed by atoms with Gasteiger partial charge in [-0.25, -0.2) is 17.9 Å². The molecular weight excluding hydrogens is 607 g/mol. The van der Waals surface area contributed by atoms with Crippen molar-refractivity contribution < 1.29 is 13.2 Å². The zero-order chi connectivity index (χ0) is 31.8. The lowest BCUT2D eigenvalue weighted by molar-refractivity contribution is 0.261. The molecule has 2 amide bonds. The number of fused-ring (bicyclic) bond motifs is 1. The summed E-state index contributed by atoms with van der Waals surface area (Å²) in [6.45, 7) is 9.24. The summed E-state index contributed by atoms with van der Waals surface area (Å²) in [7, 11) is -3.58. The second-order valence-electron chi connectivity index (χ2n) is 12.7. The SMILES string of the molecule is Cc1ccc(-n2nc(C(C)(C)C)cc2NC(=O)Nc2ccccc2CC2CCN(S(=O)(=O)C3=CC4=CNSN4C=C3)CC2)cc1. The van der Waals surface area contributed by atoms with Crippen LogP contribution in [0.15, 0.2) is 89.8 Å². The van der Waals surface area contributed by atoms with Gasteiger partial charge in [0.05, 0.1) is 34.1 Å². The molecule has 0 spiro atoms. The lowest BCUT2D eigenvalue weighted by atomic mass is 9.90. The third-order valence-electron chi connectivity index (χ3n) is 8.26. The molecule has 3 aliphatic rings. The van der Waals surface area contributed by atoms with Crippen LogP contribution in [0, 0.1) is 12.8 Å². The minimum absolute atomic E-state index is 0.195. The highest BCUT2D eigenvalue weighted by atomic mass is 32.2. The number of carbonyl (C=O) groups is 1. The molecule has 3 aliphatic heterocycles. The Morgan fingerprint density at radius 3 is 2.53 bits per heavy atom. The number of piperidine rings is 1. The summed E-state index contributed by atoms with van der Waals surface area (Å²) < 4.78 is 35.0. The van der Waals surface area contributed by atoms with E-state index in [2.05, 4.69) is 36.1 Å². The molecule has 1 fully saturated rings. The number of aromatic nitrogens is 2. The highest BCUT2D eigenvalue weighted by Crippen LogP contribution is 2.33. The number of hydrogen-bond acceptors (Lipinski definition) is 7. The molecule has 10 nitrogen and oxygen atoms in total. The smallest absolute Gasteiger partial charge is 0.316 e. The Labute approximate surface area is 269 Å². The third kappa shape index (κ3) is 6.82. The Bertz CT molecular complexity index is 1780. The fourth-order valence-corrected chi connectivity index (χ4v) is 7.71. The zero-order valence-corrected chi connectivity index (χ0v) is 27.6. The van der Waals surface area contributed by atoms with Gasteiger partial charge in [-0.1, -0.05) is 56.7 Å². The maximum Gasteiger partial charge on any atom is 0.324 e. The number of rotatable bonds is 7. The number of amides is 2. The molecule has 2 aromatic carbocycles. The molecule has 1 saturated heterocycles. The van der Waals surface area contributed by atoms with Crippen molar-refractivity contribution in [3.8, 4) is 5.69 Å². The summed E-state index contributed by atoms with van der Waals surface area (Å²) in [5.41, 5.74) is 5.26. The van der Waals surface area contributed by atoms with E-state index in [4.69, 9.17) is 5.10 Å². The van der Waals surface area contributed by atoms with E-state index in [9.17, 15) is 13.2 Å². The van der Waals surface area contributed by atoms with Gasteiger partial charge >= 0.3 is 6.03 Å². The number of carbonyl (C=O) groups excluding carboxylic acids is 1. The van der Waals surface area contributed by atoms with Crippen molar-refractivity contribution in [1.29, 1.82) is 0 Å². The molecule has 0 aliphatic carbocycles. The van der Waals surface area contributed by atoms with Crippen molar-refractivity contribution in [2.24, 2.45) is 5.92 Å². The van der Waals surface area contributed by atoms with Crippen LogP contribution in [0.25, 0.3) is 5.69 Å². The number of urea groups is 1. The minimum atomic E-state index is -3.58. The number of benzene rings is 2. The standard InChI is InChI=1S/C33H39N7O3S2/c1-23-9-11-26(12-10-23)40-31(21-30(37-40)33(2,3)4)36-32(41)35-29-8-6-5-7-25(29)19-24-13-16-38(17-14-24)45(42,43)28-15-18-39-27(20-28)22-34-44-39/h5-12,15,18,20-22,24,34H,13-14,16-17,19H2,1-4H3,(H2,35,36,41). The minimum Gasteiger partial charge on any atom is -0.316 e. The van der Waals surface area contributed by atoms with Gasteiger partial charge in [-0.05, 0) is 68.0 Å². The second-order valence-corrected chi connectivity index (χ2v) is 15.4. The van der Waals surface area contributed by atoms with Crippen LogP contribution in [0.3, 0.4) is 0 Å². The average molecular weight is 646 g/mol. The summed E-state index contributed by atoms with van der Waals surface area (Å²) in [5, 5.41) is 10.9. The van der Waals surface area contributed by atoms with Crippen LogP contribution in [0.5, 0.6) is 0 Å². The van der Waals surface area contributed by atoms with Gasteiger partial charge in [-0.3, -0.25) is 9.62 Å². The molecule has 0 atom stereocenters. The molecule has 12 heteroatoms. The van der Waals surface area contributed by atoms with Crippen molar-refractivity contribution in [1.82, 2.24) is 23.1 Å². The summed E-state index contributed by atoms with van der Waals surface area (Å²) in [6.07, 6.45) is 9.16. The fourth-order valence-electron chi connectivity index (χ4n) is 5.60. The summed E-state index contributed by atoms with van der Waals surface area (Å²) >= 11 is 1.40. The highest BCUT2D eigenvalue weighted by molar-refractivity contribution is 7.95. The van der Waals surface area contributed by atoms with Crippen LogP contribution < -0.4 is 15.4 Å². The largest absolute Gasteiger partial charge is 0.324 e. The van der Waals surface area contributed by atoms with Gasteiger partial charge in [-0.15, -0.1) is 0 Å². The summed E-state index contributed by atoms with van der Waals surface area (Å²) in [4.78, 5) is 13.6. The number of anilines is 2. The number of hydrogen-bond donors (Lipinski definition) is 3. The van der Waals surface area contributed by atoms with Crippen molar-refractivity contribution in [2.45, 2.75) is 52.4 Å². The molecule has 6 rings (SSSR count). The molecule has 3 N–H and O–H groups in total. The van der Waals surface area contributed by atoms with Gasteiger partial charge in [0.15, 0.2) is 0 Å². The Balaban J connectivity index is 1.11. The predicted molar refractivity (Wildman–Crippen MR) is 181 cm³/mol. The van der Waals surface area contributed by atoms with Crippen molar-refractivity contribution in [3.63, 3.8) is 0 Å². The second kappa shape index (κ2) is 12.4. The van der Waals surface area contributed by atoms with Gasteiger partial charge in [-0.2, -0.15) is 9.40 Å². The first-order chi connectivity index (χ1) is 21.5. The van der Waals surface area contributed by atoms with E-state index in [0.29, 0.717) is 29.7 Å². The Morgan fingerprint density at radius 2 is 1.80 bits per heavy atom. The van der Waals surface area contributed by atoms with E-state index in [1.165, 1.54) is 12.1 Å². The molecule has 3 aromatic rings. The van der Waals surface area contributed by atoms with Gasteiger partial charge < -0.3 is 10.0 Å². The van der Waals surface area contributed by atoms with E-state index >= 15 is 0 Å². The predicted octanol–water partition coefficient (Wildman–Crippen LogP) is 6.43. The molecule has 0 saturated carbocycles. The number of allylic oxidation sites excluding steroid dienone is 2. The van der Waals surface area contributed by atoms with Crippen LogP contribution >= 0.6 is 12.1 Å². The van der Waals surface area contributed by atoms with E-state index in [0.717, 1.165) is 53.2 Å². The number of nitrogens with zero attached hydrogens (tertiary/aromatic N) is 4. The maximum absolute atomic E-state index is 13.4. The van der Waals surface area contributed by atoms with Crippen LogP contribution in [0.4, 0.5) is 16.3 Å².